The summed E-state index contributed by atoms with van der Waals surface area (Å²) in [5.41, 5.74) is 0.921. The minimum absolute atomic E-state index is 0.0894. The smallest absolute Gasteiger partial charge is 0.220 e. The summed E-state index contributed by atoms with van der Waals surface area (Å²) in [6, 6.07) is 6.61. The first-order valence-electron chi connectivity index (χ1n) is 7.95. The number of carbonyl (C=O) groups is 1. The normalized spacial score (nSPS) is 17.9. The Morgan fingerprint density at radius 1 is 1.18 bits per heavy atom. The number of carbonyl (C=O) groups excluding carboxylic acids is 1. The summed E-state index contributed by atoms with van der Waals surface area (Å²) in [4.78, 5) is 12.4. The van der Waals surface area contributed by atoms with Crippen LogP contribution in [0, 0.1) is 5.92 Å². The fourth-order valence-electron chi connectivity index (χ4n) is 3.04. The highest BCUT2D eigenvalue weighted by molar-refractivity contribution is 7.90. The third-order valence-corrected chi connectivity index (χ3v) is 5.51. The van der Waals surface area contributed by atoms with Crippen LogP contribution in [0.25, 0.3) is 0 Å². The molecule has 0 aliphatic heterocycles. The topological polar surface area (TPSA) is 63.2 Å². The van der Waals surface area contributed by atoms with Crippen molar-refractivity contribution in [2.45, 2.75) is 56.4 Å². The Hall–Kier alpha value is -1.36. The molecule has 4 nitrogen and oxygen atoms in total. The molecule has 122 valence electrons. The van der Waals surface area contributed by atoms with Gasteiger partial charge in [-0.1, -0.05) is 31.4 Å². The van der Waals surface area contributed by atoms with Gasteiger partial charge in [-0.05, 0) is 43.4 Å². The van der Waals surface area contributed by atoms with E-state index in [1.165, 1.54) is 25.5 Å². The number of hydrogen-bond acceptors (Lipinski definition) is 3. The fourth-order valence-corrected chi connectivity index (χ4v) is 3.67. The lowest BCUT2D eigenvalue weighted by molar-refractivity contribution is -0.122. The van der Waals surface area contributed by atoms with E-state index in [1.807, 2.05) is 6.92 Å². The summed E-state index contributed by atoms with van der Waals surface area (Å²) in [7, 11) is -3.17. The molecule has 1 atom stereocenters. The third-order valence-electron chi connectivity index (χ3n) is 4.38. The minimum Gasteiger partial charge on any atom is -0.350 e. The van der Waals surface area contributed by atoms with E-state index in [9.17, 15) is 13.2 Å². The van der Waals surface area contributed by atoms with E-state index in [4.69, 9.17) is 0 Å². The molecule has 1 fully saturated rings. The number of rotatable bonds is 5. The van der Waals surface area contributed by atoms with E-state index >= 15 is 0 Å². The van der Waals surface area contributed by atoms with Crippen LogP contribution in [0.1, 0.15) is 57.1 Å². The monoisotopic (exact) mass is 323 g/mol. The summed E-state index contributed by atoms with van der Waals surface area (Å²) >= 11 is 0. The first kappa shape index (κ1) is 17.0. The zero-order valence-corrected chi connectivity index (χ0v) is 14.2. The second kappa shape index (κ2) is 7.27. The summed E-state index contributed by atoms with van der Waals surface area (Å²) in [6.45, 7) is 1.92. The predicted molar refractivity (Wildman–Crippen MR) is 87.3 cm³/mol. The first-order valence-corrected chi connectivity index (χ1v) is 9.85. The maximum absolute atomic E-state index is 12.1. The quantitative estimate of drug-likeness (QED) is 0.905. The van der Waals surface area contributed by atoms with Crippen LogP contribution in [0.5, 0.6) is 0 Å². The minimum atomic E-state index is -3.17. The highest BCUT2D eigenvalue weighted by Gasteiger charge is 2.18. The van der Waals surface area contributed by atoms with E-state index in [1.54, 1.807) is 24.3 Å². The molecule has 1 amide bonds. The molecule has 0 saturated heterocycles. The van der Waals surface area contributed by atoms with Gasteiger partial charge in [0.2, 0.25) is 5.91 Å². The van der Waals surface area contributed by atoms with Gasteiger partial charge in [-0.3, -0.25) is 4.79 Å². The Morgan fingerprint density at radius 2 is 1.77 bits per heavy atom. The Morgan fingerprint density at radius 3 is 2.32 bits per heavy atom. The first-order chi connectivity index (χ1) is 10.4. The molecular formula is C17H25NO3S. The average molecular weight is 323 g/mol. The standard InChI is InChI=1S/C17H25NO3S/c1-13(15-8-10-16(11-9-15)22(2,20)21)18-17(19)12-14-6-4-3-5-7-14/h8-11,13-14H,3-7,12H2,1-2H3,(H,18,19). The molecule has 0 heterocycles. The second-order valence-corrected chi connectivity index (χ2v) is 8.35. The maximum atomic E-state index is 12.1. The van der Waals surface area contributed by atoms with Crippen LogP contribution in [0.2, 0.25) is 0 Å². The lowest BCUT2D eigenvalue weighted by atomic mass is 9.87. The van der Waals surface area contributed by atoms with Gasteiger partial charge < -0.3 is 5.32 Å². The van der Waals surface area contributed by atoms with Gasteiger partial charge in [-0.2, -0.15) is 0 Å². The highest BCUT2D eigenvalue weighted by atomic mass is 32.2. The van der Waals surface area contributed by atoms with Crippen LogP contribution in [0.15, 0.2) is 29.2 Å². The van der Waals surface area contributed by atoms with Gasteiger partial charge >= 0.3 is 0 Å². The van der Waals surface area contributed by atoms with E-state index in [0.717, 1.165) is 18.4 Å². The molecule has 1 aliphatic rings. The molecule has 1 aromatic carbocycles. The molecule has 1 N–H and O–H groups in total. The number of benzene rings is 1. The summed E-state index contributed by atoms with van der Waals surface area (Å²) < 4.78 is 22.9. The number of amides is 1. The van der Waals surface area contributed by atoms with Gasteiger partial charge in [0.25, 0.3) is 0 Å². The van der Waals surface area contributed by atoms with Crippen molar-refractivity contribution in [1.82, 2.24) is 5.32 Å². The van der Waals surface area contributed by atoms with Crippen LogP contribution < -0.4 is 5.32 Å². The summed E-state index contributed by atoms with van der Waals surface area (Å²) in [5.74, 6) is 0.611. The van der Waals surface area contributed by atoms with E-state index in [0.29, 0.717) is 17.2 Å². The van der Waals surface area contributed by atoms with Crippen molar-refractivity contribution >= 4 is 15.7 Å². The van der Waals surface area contributed by atoms with Crippen molar-refractivity contribution in [3.8, 4) is 0 Å². The predicted octanol–water partition coefficient (Wildman–Crippen LogP) is 3.24. The molecule has 1 unspecified atom stereocenters. The lowest BCUT2D eigenvalue weighted by Crippen LogP contribution is -2.28. The molecule has 1 saturated carbocycles. The Balaban J connectivity index is 1.90. The number of hydrogen-bond donors (Lipinski definition) is 1. The summed E-state index contributed by atoms with van der Waals surface area (Å²) in [5, 5.41) is 3.01. The summed E-state index contributed by atoms with van der Waals surface area (Å²) in [6.07, 6.45) is 7.88. The molecule has 1 aromatic rings. The SMILES string of the molecule is CC(NC(=O)CC1CCCCC1)c1ccc(S(C)(=O)=O)cc1. The zero-order valence-electron chi connectivity index (χ0n) is 13.3. The molecule has 0 spiro atoms. The van der Waals surface area contributed by atoms with Gasteiger partial charge in [0, 0.05) is 12.7 Å². The van der Waals surface area contributed by atoms with Crippen molar-refractivity contribution in [1.29, 1.82) is 0 Å². The van der Waals surface area contributed by atoms with Crippen molar-refractivity contribution in [2.75, 3.05) is 6.26 Å². The number of nitrogens with one attached hydrogen (secondary N) is 1. The van der Waals surface area contributed by atoms with Crippen molar-refractivity contribution in [3.63, 3.8) is 0 Å². The zero-order chi connectivity index (χ0) is 16.2. The van der Waals surface area contributed by atoms with Gasteiger partial charge in [0.1, 0.15) is 0 Å². The largest absolute Gasteiger partial charge is 0.350 e. The van der Waals surface area contributed by atoms with E-state index in [2.05, 4.69) is 5.32 Å². The Labute approximate surface area is 133 Å². The average Bonchev–Trinajstić information content (AvgIpc) is 2.47. The number of sulfone groups is 1. The molecule has 0 bridgehead atoms. The van der Waals surface area contributed by atoms with E-state index in [-0.39, 0.29) is 11.9 Å². The van der Waals surface area contributed by atoms with Crippen LogP contribution in [0.3, 0.4) is 0 Å². The van der Waals surface area contributed by atoms with Crippen molar-refractivity contribution < 1.29 is 13.2 Å². The molecule has 0 radical (unpaired) electrons. The van der Waals surface area contributed by atoms with Crippen LogP contribution >= 0.6 is 0 Å². The molecular weight excluding hydrogens is 298 g/mol. The van der Waals surface area contributed by atoms with Crippen LogP contribution in [-0.4, -0.2) is 20.6 Å². The molecule has 5 heteroatoms. The third kappa shape index (κ3) is 4.83. The van der Waals surface area contributed by atoms with Crippen LogP contribution in [-0.2, 0) is 14.6 Å². The Bertz CT molecular complexity index is 601. The molecule has 1 aliphatic carbocycles. The fraction of sp³-hybridized carbons (Fsp3) is 0.588. The second-order valence-electron chi connectivity index (χ2n) is 6.34. The van der Waals surface area contributed by atoms with Gasteiger partial charge in [-0.25, -0.2) is 8.42 Å². The highest BCUT2D eigenvalue weighted by Crippen LogP contribution is 2.26. The van der Waals surface area contributed by atoms with E-state index < -0.39 is 9.84 Å². The lowest BCUT2D eigenvalue weighted by Gasteiger charge is -2.22. The van der Waals surface area contributed by atoms with Gasteiger partial charge in [0.05, 0.1) is 10.9 Å². The molecule has 0 aromatic heterocycles. The van der Waals surface area contributed by atoms with Crippen molar-refractivity contribution in [2.24, 2.45) is 5.92 Å². The molecule has 22 heavy (non-hydrogen) atoms. The Kier molecular flexibility index (Phi) is 5.62. The maximum Gasteiger partial charge on any atom is 0.220 e. The van der Waals surface area contributed by atoms with Gasteiger partial charge in [0.15, 0.2) is 9.84 Å². The molecule has 2 rings (SSSR count). The van der Waals surface area contributed by atoms with Gasteiger partial charge in [-0.15, -0.1) is 0 Å². The van der Waals surface area contributed by atoms with Crippen LogP contribution in [0.4, 0.5) is 0 Å². The van der Waals surface area contributed by atoms with Crippen molar-refractivity contribution in [3.05, 3.63) is 29.8 Å².